The number of ether oxygens (including phenoxy) is 3. The molecule has 1 saturated heterocycles. The predicted octanol–water partition coefficient (Wildman–Crippen LogP) is 2.61. The third-order valence-electron chi connectivity index (χ3n) is 7.10. The number of carbonyl (C=O) groups is 5. The van der Waals surface area contributed by atoms with Crippen LogP contribution < -0.4 is 20.7 Å². The smallest absolute Gasteiger partial charge is 0.307 e. The number of ketones is 1. The molecule has 0 radical (unpaired) electrons. The van der Waals surface area contributed by atoms with Crippen molar-refractivity contribution < 1.29 is 38.2 Å². The highest BCUT2D eigenvalue weighted by atomic mass is 16.7. The van der Waals surface area contributed by atoms with Gasteiger partial charge in [0.1, 0.15) is 24.1 Å². The first-order valence-corrected chi connectivity index (χ1v) is 14.4. The number of rotatable bonds is 16. The number of hydrogen-bond donors (Lipinski definition) is 4. The van der Waals surface area contributed by atoms with Crippen molar-refractivity contribution in [2.24, 2.45) is 11.8 Å². The van der Waals surface area contributed by atoms with Crippen LogP contribution in [0.2, 0.25) is 0 Å². The van der Waals surface area contributed by atoms with E-state index in [1.165, 1.54) is 0 Å². The quantitative estimate of drug-likeness (QED) is 0.172. The maximum atomic E-state index is 13.5. The highest BCUT2D eigenvalue weighted by molar-refractivity contribution is 6.02. The van der Waals surface area contributed by atoms with Gasteiger partial charge in [0.2, 0.25) is 18.1 Å². The summed E-state index contributed by atoms with van der Waals surface area (Å²) < 4.78 is 16.1. The Morgan fingerprint density at radius 3 is 2.48 bits per heavy atom. The second kappa shape index (κ2) is 15.3. The van der Waals surface area contributed by atoms with Gasteiger partial charge in [0, 0.05) is 36.2 Å². The van der Waals surface area contributed by atoms with Crippen molar-refractivity contribution in [2.75, 3.05) is 20.3 Å². The van der Waals surface area contributed by atoms with E-state index in [2.05, 4.69) is 20.9 Å². The van der Waals surface area contributed by atoms with Gasteiger partial charge in [-0.15, -0.1) is 0 Å². The molecule has 4 N–H and O–H groups in total. The van der Waals surface area contributed by atoms with Gasteiger partial charge < -0.3 is 35.1 Å². The van der Waals surface area contributed by atoms with Gasteiger partial charge in [-0.25, -0.2) is 0 Å². The summed E-state index contributed by atoms with van der Waals surface area (Å²) in [6.45, 7) is 7.31. The largest absolute Gasteiger partial charge is 0.496 e. The highest BCUT2D eigenvalue weighted by Gasteiger charge is 2.34. The number of H-pyrrole nitrogens is 1. The van der Waals surface area contributed by atoms with Gasteiger partial charge in [0.15, 0.2) is 5.78 Å². The molecule has 12 heteroatoms. The minimum Gasteiger partial charge on any atom is -0.496 e. The van der Waals surface area contributed by atoms with Gasteiger partial charge in [-0.3, -0.25) is 24.0 Å². The number of benzene rings is 1. The first kappa shape index (κ1) is 32.6. The van der Waals surface area contributed by atoms with Crippen molar-refractivity contribution in [3.05, 3.63) is 30.0 Å². The first-order valence-electron chi connectivity index (χ1n) is 14.4. The average molecular weight is 587 g/mol. The van der Waals surface area contributed by atoms with Crippen molar-refractivity contribution in [3.8, 4) is 5.75 Å². The fourth-order valence-corrected chi connectivity index (χ4v) is 4.81. The summed E-state index contributed by atoms with van der Waals surface area (Å²) in [4.78, 5) is 67.1. The Kier molecular flexibility index (Phi) is 11.9. The number of methoxy groups -OCH3 is 1. The lowest BCUT2D eigenvalue weighted by Crippen LogP contribution is -2.53. The molecule has 12 nitrogen and oxygen atoms in total. The normalized spacial score (nSPS) is 16.9. The lowest BCUT2D eigenvalue weighted by Gasteiger charge is -2.25. The van der Waals surface area contributed by atoms with E-state index < -0.39 is 54.5 Å². The fourth-order valence-electron chi connectivity index (χ4n) is 4.81. The average Bonchev–Trinajstić information content (AvgIpc) is 3.59. The Bertz CT molecular complexity index is 1270. The Hall–Kier alpha value is -3.93. The molecule has 42 heavy (non-hydrogen) atoms. The first-order chi connectivity index (χ1) is 20.1. The maximum Gasteiger partial charge on any atom is 0.307 e. The van der Waals surface area contributed by atoms with E-state index in [0.29, 0.717) is 37.1 Å². The fraction of sp³-hybridized carbons (Fsp3) is 0.567. The molecule has 3 rings (SSSR count). The minimum absolute atomic E-state index is 0.0421. The molecule has 2 heterocycles. The van der Waals surface area contributed by atoms with E-state index in [4.69, 9.17) is 14.2 Å². The zero-order valence-corrected chi connectivity index (χ0v) is 24.9. The number of amides is 3. The summed E-state index contributed by atoms with van der Waals surface area (Å²) in [5.41, 5.74) is 0.965. The Labute approximate surface area is 245 Å². The van der Waals surface area contributed by atoms with Crippen molar-refractivity contribution >= 4 is 40.4 Å². The summed E-state index contributed by atoms with van der Waals surface area (Å²) in [6.07, 6.45) is 0.515. The van der Waals surface area contributed by atoms with Crippen LogP contribution >= 0.6 is 0 Å². The van der Waals surface area contributed by atoms with E-state index >= 15 is 0 Å². The SMILES string of the molecule is CCC(=O)O[C@@H](CC)OCC(=O)[C@H](C[C@@H]1CCNC1=O)NC(=O)[C@H](CC(C)C)NC(=O)c1cc2c(OC)cccc2[nH]1. The van der Waals surface area contributed by atoms with Gasteiger partial charge in [-0.1, -0.05) is 33.8 Å². The van der Waals surface area contributed by atoms with Crippen LogP contribution in [0, 0.1) is 11.8 Å². The zero-order chi connectivity index (χ0) is 30.8. The summed E-state index contributed by atoms with van der Waals surface area (Å²) >= 11 is 0. The standard InChI is InChI=1S/C30H42N4O8/c1-6-26(36)42-27(7-2)41-16-24(35)21(14-18-11-12-31-28(18)37)33-29(38)22(13-17(3)4)34-30(39)23-15-19-20(32-23)9-8-10-25(19)40-5/h8-10,15,17-18,21-22,27,32H,6-7,11-14,16H2,1-5H3,(H,31,37)(H,33,38)(H,34,39)/t18-,21-,22-,27-/m0/s1. The van der Waals surface area contributed by atoms with E-state index in [0.717, 1.165) is 5.39 Å². The van der Waals surface area contributed by atoms with Crippen LogP contribution in [-0.2, 0) is 28.7 Å². The molecule has 1 aliphatic heterocycles. The second-order valence-corrected chi connectivity index (χ2v) is 10.8. The van der Waals surface area contributed by atoms with Crippen LogP contribution in [0.3, 0.4) is 0 Å². The van der Waals surface area contributed by atoms with Crippen molar-refractivity contribution in [1.29, 1.82) is 0 Å². The highest BCUT2D eigenvalue weighted by Crippen LogP contribution is 2.26. The molecule has 0 aliphatic carbocycles. The summed E-state index contributed by atoms with van der Waals surface area (Å²) in [5.74, 6) is -1.96. The number of fused-ring (bicyclic) bond motifs is 1. The van der Waals surface area contributed by atoms with Gasteiger partial charge in [0.25, 0.3) is 5.91 Å². The Balaban J connectivity index is 1.75. The summed E-state index contributed by atoms with van der Waals surface area (Å²) in [5, 5.41) is 9.03. The third kappa shape index (κ3) is 8.78. The van der Waals surface area contributed by atoms with Crippen molar-refractivity contribution in [2.45, 2.75) is 78.2 Å². The number of nitrogens with one attached hydrogen (secondary N) is 4. The molecule has 0 bridgehead atoms. The maximum absolute atomic E-state index is 13.5. The molecular weight excluding hydrogens is 544 g/mol. The van der Waals surface area contributed by atoms with Gasteiger partial charge >= 0.3 is 5.97 Å². The lowest BCUT2D eigenvalue weighted by atomic mass is 9.95. The number of esters is 1. The van der Waals surface area contributed by atoms with Crippen molar-refractivity contribution in [1.82, 2.24) is 20.9 Å². The van der Waals surface area contributed by atoms with E-state index in [1.807, 2.05) is 19.9 Å². The number of carbonyl (C=O) groups excluding carboxylic acids is 5. The molecule has 4 atom stereocenters. The molecule has 1 aromatic carbocycles. The monoisotopic (exact) mass is 586 g/mol. The van der Waals surface area contributed by atoms with Gasteiger partial charge in [-0.05, 0) is 43.4 Å². The van der Waals surface area contributed by atoms with Crippen LogP contribution in [0.25, 0.3) is 10.9 Å². The Morgan fingerprint density at radius 2 is 1.86 bits per heavy atom. The molecule has 0 saturated carbocycles. The summed E-state index contributed by atoms with van der Waals surface area (Å²) in [6, 6.07) is 5.07. The third-order valence-corrected chi connectivity index (χ3v) is 7.10. The van der Waals surface area contributed by atoms with E-state index in [-0.39, 0.29) is 30.4 Å². The molecule has 3 amide bonds. The second-order valence-electron chi connectivity index (χ2n) is 10.8. The van der Waals surface area contributed by atoms with Crippen LogP contribution in [0.5, 0.6) is 5.75 Å². The number of hydrogen-bond acceptors (Lipinski definition) is 8. The lowest BCUT2D eigenvalue weighted by molar-refractivity contribution is -0.181. The van der Waals surface area contributed by atoms with Gasteiger partial charge in [0.05, 0.1) is 13.2 Å². The number of aromatic nitrogens is 1. The van der Waals surface area contributed by atoms with Crippen LogP contribution in [-0.4, -0.2) is 73.1 Å². The molecule has 1 aliphatic rings. The molecule has 0 unspecified atom stereocenters. The van der Waals surface area contributed by atoms with Gasteiger partial charge in [-0.2, -0.15) is 0 Å². The summed E-state index contributed by atoms with van der Waals surface area (Å²) in [7, 11) is 1.54. The van der Waals surface area contributed by atoms with Crippen LogP contribution in [0.4, 0.5) is 0 Å². The minimum atomic E-state index is -1.05. The van der Waals surface area contributed by atoms with E-state index in [1.54, 1.807) is 39.2 Å². The van der Waals surface area contributed by atoms with Crippen LogP contribution in [0.15, 0.2) is 24.3 Å². The molecular formula is C30H42N4O8. The van der Waals surface area contributed by atoms with Crippen LogP contribution in [0.1, 0.15) is 70.3 Å². The number of aromatic amines is 1. The molecule has 0 spiro atoms. The zero-order valence-electron chi connectivity index (χ0n) is 24.9. The molecule has 2 aromatic rings. The van der Waals surface area contributed by atoms with E-state index in [9.17, 15) is 24.0 Å². The number of Topliss-reactive ketones (excluding diaryl/α,β-unsaturated/α-hetero) is 1. The van der Waals surface area contributed by atoms with Crippen molar-refractivity contribution in [3.63, 3.8) is 0 Å². The topological polar surface area (TPSA) is 165 Å². The molecule has 230 valence electrons. The molecule has 1 aromatic heterocycles. The molecule has 1 fully saturated rings. The predicted molar refractivity (Wildman–Crippen MR) is 155 cm³/mol. The Morgan fingerprint density at radius 1 is 1.10 bits per heavy atom.